The van der Waals surface area contributed by atoms with Crippen molar-refractivity contribution in [3.63, 3.8) is 0 Å². The number of nitrogens with one attached hydrogen (secondary N) is 1. The lowest BCUT2D eigenvalue weighted by atomic mass is 10.1. The van der Waals surface area contributed by atoms with Gasteiger partial charge in [0.1, 0.15) is 0 Å². The zero-order valence-electron chi connectivity index (χ0n) is 14.6. The summed E-state index contributed by atoms with van der Waals surface area (Å²) in [5, 5.41) is 13.7. The van der Waals surface area contributed by atoms with Crippen molar-refractivity contribution in [2.75, 3.05) is 19.8 Å². The fourth-order valence-corrected chi connectivity index (χ4v) is 2.70. The summed E-state index contributed by atoms with van der Waals surface area (Å²) in [6.45, 7) is 2.87. The number of amides is 1. The Morgan fingerprint density at radius 2 is 2.00 bits per heavy atom. The van der Waals surface area contributed by atoms with Gasteiger partial charge in [-0.1, -0.05) is 41.9 Å². The highest BCUT2D eigenvalue weighted by atomic mass is 35.5. The molecule has 0 saturated heterocycles. The maximum Gasteiger partial charge on any atom is 0.255 e. The molecule has 140 valence electrons. The van der Waals surface area contributed by atoms with Crippen molar-refractivity contribution in [3.05, 3.63) is 58.6 Å². The lowest BCUT2D eigenvalue weighted by molar-refractivity contribution is -0.119. The highest BCUT2D eigenvalue weighted by Crippen LogP contribution is 2.36. The third-order valence-electron chi connectivity index (χ3n) is 3.58. The summed E-state index contributed by atoms with van der Waals surface area (Å²) in [6, 6.07) is 12.9. The Bertz CT molecular complexity index is 725. The van der Waals surface area contributed by atoms with Gasteiger partial charge in [0, 0.05) is 13.1 Å². The largest absolute Gasteiger partial charge is 0.490 e. The Labute approximate surface area is 157 Å². The molecule has 0 aliphatic heterocycles. The van der Waals surface area contributed by atoms with Crippen molar-refractivity contribution < 1.29 is 19.4 Å². The van der Waals surface area contributed by atoms with Crippen LogP contribution in [0.25, 0.3) is 0 Å². The number of benzene rings is 2. The topological polar surface area (TPSA) is 93.8 Å². The summed E-state index contributed by atoms with van der Waals surface area (Å²) >= 11 is 6.26. The van der Waals surface area contributed by atoms with Gasteiger partial charge in [-0.15, -0.1) is 0 Å². The van der Waals surface area contributed by atoms with Gasteiger partial charge < -0.3 is 25.6 Å². The van der Waals surface area contributed by atoms with E-state index in [-0.39, 0.29) is 6.61 Å². The van der Waals surface area contributed by atoms with E-state index in [9.17, 15) is 9.90 Å². The van der Waals surface area contributed by atoms with Crippen molar-refractivity contribution in [1.82, 2.24) is 5.32 Å². The maximum absolute atomic E-state index is 10.9. The van der Waals surface area contributed by atoms with E-state index < -0.39 is 12.0 Å². The van der Waals surface area contributed by atoms with Crippen molar-refractivity contribution in [2.45, 2.75) is 19.6 Å². The third-order valence-corrected chi connectivity index (χ3v) is 3.86. The highest BCUT2D eigenvalue weighted by molar-refractivity contribution is 6.32. The fraction of sp³-hybridized carbons (Fsp3) is 0.316. The van der Waals surface area contributed by atoms with Gasteiger partial charge in [0.2, 0.25) is 0 Å². The van der Waals surface area contributed by atoms with Gasteiger partial charge in [0.05, 0.1) is 17.7 Å². The molecule has 0 spiro atoms. The Morgan fingerprint density at radius 3 is 2.65 bits per heavy atom. The number of aliphatic hydroxyl groups excluding tert-OH is 1. The summed E-state index contributed by atoms with van der Waals surface area (Å²) in [7, 11) is 0. The first-order valence-corrected chi connectivity index (χ1v) is 8.69. The number of rotatable bonds is 10. The molecule has 0 radical (unpaired) electrons. The molecule has 7 heteroatoms. The summed E-state index contributed by atoms with van der Waals surface area (Å²) in [4.78, 5) is 10.9. The average Bonchev–Trinajstić information content (AvgIpc) is 2.61. The van der Waals surface area contributed by atoms with E-state index in [1.54, 1.807) is 12.1 Å². The fourth-order valence-electron chi connectivity index (χ4n) is 2.42. The van der Waals surface area contributed by atoms with Crippen LogP contribution in [0.3, 0.4) is 0 Å². The summed E-state index contributed by atoms with van der Waals surface area (Å²) in [5.74, 6) is 0.145. The highest BCUT2D eigenvalue weighted by Gasteiger charge is 2.14. The van der Waals surface area contributed by atoms with Gasteiger partial charge >= 0.3 is 0 Å². The van der Waals surface area contributed by atoms with Crippen LogP contribution in [-0.2, 0) is 11.3 Å². The summed E-state index contributed by atoms with van der Waals surface area (Å²) in [6.07, 6.45) is -0.601. The van der Waals surface area contributed by atoms with E-state index in [2.05, 4.69) is 5.32 Å². The molecule has 0 fully saturated rings. The molecule has 2 aromatic rings. The van der Waals surface area contributed by atoms with E-state index in [4.69, 9.17) is 26.8 Å². The first-order chi connectivity index (χ1) is 12.5. The maximum atomic E-state index is 10.9. The molecule has 0 aromatic heterocycles. The second-order valence-electron chi connectivity index (χ2n) is 5.65. The zero-order chi connectivity index (χ0) is 18.9. The van der Waals surface area contributed by atoms with Gasteiger partial charge in [-0.2, -0.15) is 0 Å². The van der Waals surface area contributed by atoms with Crippen molar-refractivity contribution >= 4 is 17.5 Å². The van der Waals surface area contributed by atoms with Gasteiger partial charge in [-0.05, 0) is 30.2 Å². The number of primary amides is 1. The molecule has 2 aromatic carbocycles. The molecule has 2 rings (SSSR count). The number of halogens is 1. The average molecular weight is 379 g/mol. The Hall–Kier alpha value is -2.28. The van der Waals surface area contributed by atoms with E-state index in [0.29, 0.717) is 36.2 Å². The van der Waals surface area contributed by atoms with Crippen LogP contribution >= 0.6 is 11.6 Å². The number of carbonyl (C=O) groups excluding carboxylic acids is 1. The molecule has 0 bridgehead atoms. The minimum Gasteiger partial charge on any atom is -0.490 e. The van der Waals surface area contributed by atoms with Crippen molar-refractivity contribution in [1.29, 1.82) is 0 Å². The van der Waals surface area contributed by atoms with Crippen molar-refractivity contribution in [3.8, 4) is 11.5 Å². The quantitative estimate of drug-likeness (QED) is 0.590. The lowest BCUT2D eigenvalue weighted by Crippen LogP contribution is -2.21. The molecule has 0 heterocycles. The summed E-state index contributed by atoms with van der Waals surface area (Å²) in [5.41, 5.74) is 6.82. The monoisotopic (exact) mass is 378 g/mol. The zero-order valence-corrected chi connectivity index (χ0v) is 15.3. The SMILES string of the molecule is CCOc1cc(CNC[C@@H](O)c2ccccc2)cc(Cl)c1OCC(N)=O. The first kappa shape index (κ1) is 20.0. The molecule has 1 amide bonds. The number of hydrogen-bond donors (Lipinski definition) is 3. The van der Waals surface area contributed by atoms with Crippen LogP contribution < -0.4 is 20.5 Å². The second-order valence-corrected chi connectivity index (χ2v) is 6.06. The molecule has 0 saturated carbocycles. The van der Waals surface area contributed by atoms with Gasteiger partial charge in [-0.3, -0.25) is 4.79 Å². The van der Waals surface area contributed by atoms with Crippen LogP contribution in [0.4, 0.5) is 0 Å². The molecular weight excluding hydrogens is 356 g/mol. The first-order valence-electron chi connectivity index (χ1n) is 8.31. The number of nitrogens with two attached hydrogens (primary N) is 1. The number of hydrogen-bond acceptors (Lipinski definition) is 5. The Morgan fingerprint density at radius 1 is 1.27 bits per heavy atom. The summed E-state index contributed by atoms with van der Waals surface area (Å²) < 4.78 is 10.9. The van der Waals surface area contributed by atoms with E-state index in [1.165, 1.54) is 0 Å². The van der Waals surface area contributed by atoms with Crippen LogP contribution in [-0.4, -0.2) is 30.8 Å². The standard InChI is InChI=1S/C19H23ClN2O4/c1-2-25-17-9-13(8-15(20)19(17)26-12-18(21)24)10-22-11-16(23)14-6-4-3-5-7-14/h3-9,16,22-23H,2,10-12H2,1H3,(H2,21,24)/t16-/m1/s1. The minimum atomic E-state index is -0.601. The Balaban J connectivity index is 2.01. The number of aliphatic hydroxyl groups is 1. The third kappa shape index (κ3) is 5.91. The van der Waals surface area contributed by atoms with E-state index in [0.717, 1.165) is 11.1 Å². The van der Waals surface area contributed by atoms with Crippen LogP contribution in [0.15, 0.2) is 42.5 Å². The molecule has 0 aliphatic carbocycles. The number of ether oxygens (including phenoxy) is 2. The van der Waals surface area contributed by atoms with Gasteiger partial charge in [0.25, 0.3) is 5.91 Å². The van der Waals surface area contributed by atoms with Crippen LogP contribution in [0.1, 0.15) is 24.2 Å². The predicted octanol–water partition coefficient (Wildman–Crippen LogP) is 2.43. The van der Waals surface area contributed by atoms with E-state index in [1.807, 2.05) is 37.3 Å². The molecule has 6 nitrogen and oxygen atoms in total. The second kappa shape index (κ2) is 10.0. The number of carbonyl (C=O) groups is 1. The van der Waals surface area contributed by atoms with Crippen LogP contribution in [0, 0.1) is 0 Å². The lowest BCUT2D eigenvalue weighted by Gasteiger charge is -2.16. The molecule has 0 aliphatic rings. The van der Waals surface area contributed by atoms with Crippen molar-refractivity contribution in [2.24, 2.45) is 5.73 Å². The van der Waals surface area contributed by atoms with E-state index >= 15 is 0 Å². The van der Waals surface area contributed by atoms with Gasteiger partial charge in [-0.25, -0.2) is 0 Å². The molecule has 26 heavy (non-hydrogen) atoms. The molecule has 0 unspecified atom stereocenters. The molecular formula is C19H23ClN2O4. The molecule has 4 N–H and O–H groups in total. The Kier molecular flexibility index (Phi) is 7.72. The van der Waals surface area contributed by atoms with Crippen LogP contribution in [0.5, 0.6) is 11.5 Å². The van der Waals surface area contributed by atoms with Gasteiger partial charge in [0.15, 0.2) is 18.1 Å². The van der Waals surface area contributed by atoms with Crippen LogP contribution in [0.2, 0.25) is 5.02 Å². The predicted molar refractivity (Wildman–Crippen MR) is 100 cm³/mol. The minimum absolute atomic E-state index is 0.277. The normalized spacial score (nSPS) is 11.8. The molecule has 1 atom stereocenters. The smallest absolute Gasteiger partial charge is 0.255 e.